The van der Waals surface area contributed by atoms with Crippen LogP contribution in [0, 0.1) is 12.7 Å². The summed E-state index contributed by atoms with van der Waals surface area (Å²) in [6, 6.07) is 12.4. The number of aromatic nitrogens is 2. The predicted octanol–water partition coefficient (Wildman–Crippen LogP) is 4.19. The van der Waals surface area contributed by atoms with Crippen molar-refractivity contribution in [1.82, 2.24) is 25.5 Å². The van der Waals surface area contributed by atoms with Gasteiger partial charge in [0.15, 0.2) is 11.7 Å². The smallest absolute Gasteiger partial charge is 0.266 e. The third-order valence-corrected chi connectivity index (χ3v) is 8.82. The van der Waals surface area contributed by atoms with E-state index < -0.39 is 23.9 Å². The summed E-state index contributed by atoms with van der Waals surface area (Å²) in [5, 5.41) is 9.63. The fourth-order valence-electron chi connectivity index (χ4n) is 5.47. The highest BCUT2D eigenvalue weighted by Gasteiger charge is 2.36. The van der Waals surface area contributed by atoms with Crippen molar-refractivity contribution in [3.05, 3.63) is 88.4 Å². The molecule has 0 radical (unpaired) electrons. The Bertz CT molecular complexity index is 1780. The van der Waals surface area contributed by atoms with Gasteiger partial charge in [-0.2, -0.15) is 0 Å². The van der Waals surface area contributed by atoms with E-state index >= 15 is 0 Å². The zero-order chi connectivity index (χ0) is 32.2. The lowest BCUT2D eigenvalue weighted by molar-refractivity contribution is -0.123. The number of hydrogen-bond donors (Lipinski definition) is 3. The van der Waals surface area contributed by atoms with Gasteiger partial charge in [0.2, 0.25) is 0 Å². The highest BCUT2D eigenvalue weighted by Crippen LogP contribution is 2.28. The number of carbonyl (C=O) groups excluding carboxylic acids is 3. The lowest BCUT2D eigenvalue weighted by atomic mass is 10.00. The first-order chi connectivity index (χ1) is 22.2. The Morgan fingerprint density at radius 3 is 2.80 bits per heavy atom. The molecule has 238 valence electrons. The predicted molar refractivity (Wildman–Crippen MR) is 171 cm³/mol. The second kappa shape index (κ2) is 13.5. The SMILES string of the molecule is CCNc1nc(C)c(C(=O)N2CC[C@@H]3Oc4cc(F)cc(c4)CNC(=O)COc4cccc(c4)-c4cncc(c4)C(=O)N[C@@H]3C2)s1. The van der Waals surface area contributed by atoms with Crippen molar-refractivity contribution in [2.24, 2.45) is 0 Å². The number of hydrogen-bond acceptors (Lipinski definition) is 9. The Morgan fingerprint density at radius 1 is 1.11 bits per heavy atom. The monoisotopic (exact) mass is 644 g/mol. The number of piperidine rings is 1. The first-order valence-corrected chi connectivity index (χ1v) is 15.8. The number of halogens is 1. The molecule has 2 aromatic carbocycles. The molecule has 1 fully saturated rings. The zero-order valence-electron chi connectivity index (χ0n) is 25.3. The molecular weight excluding hydrogens is 611 g/mol. The maximum Gasteiger partial charge on any atom is 0.266 e. The number of aryl methyl sites for hydroxylation is 1. The van der Waals surface area contributed by atoms with Gasteiger partial charge in [0, 0.05) is 56.6 Å². The first kappa shape index (κ1) is 31.0. The van der Waals surface area contributed by atoms with Crippen molar-refractivity contribution >= 4 is 34.2 Å². The number of thiazole rings is 1. The van der Waals surface area contributed by atoms with Crippen LogP contribution in [0.2, 0.25) is 0 Å². The van der Waals surface area contributed by atoms with E-state index in [0.29, 0.717) is 57.7 Å². The molecule has 6 bridgehead atoms. The molecular formula is C33H33FN6O5S. The zero-order valence-corrected chi connectivity index (χ0v) is 26.2. The van der Waals surface area contributed by atoms with Crippen LogP contribution < -0.4 is 25.4 Å². The van der Waals surface area contributed by atoms with Crippen molar-refractivity contribution in [3.63, 3.8) is 0 Å². The van der Waals surface area contributed by atoms with Crippen molar-refractivity contribution in [2.75, 3.05) is 31.6 Å². The maximum atomic E-state index is 14.7. The van der Waals surface area contributed by atoms with Crippen molar-refractivity contribution in [2.45, 2.75) is 39.0 Å². The van der Waals surface area contributed by atoms with E-state index in [0.717, 1.165) is 5.56 Å². The van der Waals surface area contributed by atoms with Crippen LogP contribution in [0.15, 0.2) is 60.9 Å². The van der Waals surface area contributed by atoms with Crippen molar-refractivity contribution in [3.8, 4) is 22.6 Å². The van der Waals surface area contributed by atoms with Crippen LogP contribution in [0.5, 0.6) is 11.5 Å². The average molecular weight is 645 g/mol. The van der Waals surface area contributed by atoms with Gasteiger partial charge in [0.1, 0.15) is 28.3 Å². The molecule has 0 spiro atoms. The fraction of sp³-hybridized carbons (Fsp3) is 0.303. The molecule has 6 rings (SSSR count). The Morgan fingerprint density at radius 2 is 1.96 bits per heavy atom. The van der Waals surface area contributed by atoms with E-state index in [-0.39, 0.29) is 37.3 Å². The Balaban J connectivity index is 1.33. The van der Waals surface area contributed by atoms with Gasteiger partial charge in [0.25, 0.3) is 17.7 Å². The Kier molecular flexibility index (Phi) is 9.11. The number of ether oxygens (including phenoxy) is 2. The van der Waals surface area contributed by atoms with Crippen LogP contribution >= 0.6 is 11.3 Å². The number of likely N-dealkylation sites (tertiary alicyclic amines) is 1. The normalized spacial score (nSPS) is 18.4. The van der Waals surface area contributed by atoms with Crippen LogP contribution in [-0.4, -0.2) is 71.0 Å². The van der Waals surface area contributed by atoms with Crippen LogP contribution in [0.3, 0.4) is 0 Å². The topological polar surface area (TPSA) is 135 Å². The molecule has 1 saturated heterocycles. The number of rotatable bonds is 3. The third kappa shape index (κ3) is 7.09. The summed E-state index contributed by atoms with van der Waals surface area (Å²) in [5.41, 5.74) is 2.86. The number of fused-ring (bicyclic) bond motifs is 8. The van der Waals surface area contributed by atoms with Gasteiger partial charge < -0.3 is 30.3 Å². The largest absolute Gasteiger partial charge is 0.488 e. The van der Waals surface area contributed by atoms with Gasteiger partial charge in [-0.15, -0.1) is 0 Å². The molecule has 0 saturated carbocycles. The van der Waals surface area contributed by atoms with E-state index in [4.69, 9.17) is 9.47 Å². The minimum Gasteiger partial charge on any atom is -0.488 e. The number of anilines is 1. The standard InChI is InChI=1S/C33H33FN6O5S/c1-3-36-33-38-19(2)30(46-33)32(43)40-8-7-28-27(17-40)39-31(42)23-11-22(15-35-16-23)21-5-4-6-25(12-21)44-18-29(41)37-14-20-9-24(34)13-26(10-20)45-28/h4-6,9-13,15-16,27-28H,3,7-8,14,17-18H2,1-2H3,(H,36,38)(H,37,41)(H,39,42)/t27-,28+/m1/s1. The summed E-state index contributed by atoms with van der Waals surface area (Å²) in [4.78, 5) is 50.9. The summed E-state index contributed by atoms with van der Waals surface area (Å²) in [7, 11) is 0. The molecule has 11 nitrogen and oxygen atoms in total. The summed E-state index contributed by atoms with van der Waals surface area (Å²) in [6.07, 6.45) is 2.90. The summed E-state index contributed by atoms with van der Waals surface area (Å²) in [6.45, 7) is 4.78. The second-order valence-electron chi connectivity index (χ2n) is 11.1. The molecule has 3 N–H and O–H groups in total. The molecule has 13 heteroatoms. The van der Waals surface area contributed by atoms with Crippen LogP contribution in [0.4, 0.5) is 9.52 Å². The van der Waals surface area contributed by atoms with Gasteiger partial charge in [0.05, 0.1) is 17.3 Å². The van der Waals surface area contributed by atoms with E-state index in [1.165, 1.54) is 29.7 Å². The summed E-state index contributed by atoms with van der Waals surface area (Å²) in [5.74, 6) is -0.780. The molecule has 2 atom stereocenters. The van der Waals surface area contributed by atoms with Crippen LogP contribution in [0.25, 0.3) is 11.1 Å². The Labute approximate surface area is 269 Å². The van der Waals surface area contributed by atoms with E-state index in [9.17, 15) is 18.8 Å². The first-order valence-electron chi connectivity index (χ1n) is 15.0. The van der Waals surface area contributed by atoms with Gasteiger partial charge in [-0.05, 0) is 55.3 Å². The number of benzene rings is 2. The minimum atomic E-state index is -0.638. The molecule has 2 aromatic heterocycles. The van der Waals surface area contributed by atoms with E-state index in [2.05, 4.69) is 25.9 Å². The van der Waals surface area contributed by atoms with Gasteiger partial charge >= 0.3 is 0 Å². The lowest BCUT2D eigenvalue weighted by Gasteiger charge is -2.38. The fourth-order valence-corrected chi connectivity index (χ4v) is 6.47. The molecule has 0 unspecified atom stereocenters. The number of pyridine rings is 1. The maximum absolute atomic E-state index is 14.7. The molecule has 2 aliphatic heterocycles. The molecule has 46 heavy (non-hydrogen) atoms. The van der Waals surface area contributed by atoms with Crippen LogP contribution in [-0.2, 0) is 11.3 Å². The van der Waals surface area contributed by atoms with Gasteiger partial charge in [-0.3, -0.25) is 19.4 Å². The highest BCUT2D eigenvalue weighted by molar-refractivity contribution is 7.17. The average Bonchev–Trinajstić information content (AvgIpc) is 3.42. The van der Waals surface area contributed by atoms with Crippen molar-refractivity contribution < 1.29 is 28.2 Å². The minimum absolute atomic E-state index is 0.0596. The number of nitrogens with zero attached hydrogens (tertiary/aromatic N) is 3. The van der Waals surface area contributed by atoms with Gasteiger partial charge in [-0.1, -0.05) is 23.5 Å². The van der Waals surface area contributed by atoms with Gasteiger partial charge in [-0.25, -0.2) is 9.37 Å². The molecule has 0 aliphatic carbocycles. The highest BCUT2D eigenvalue weighted by atomic mass is 32.1. The van der Waals surface area contributed by atoms with Crippen LogP contribution in [0.1, 0.15) is 44.6 Å². The summed E-state index contributed by atoms with van der Waals surface area (Å²) >= 11 is 1.30. The van der Waals surface area contributed by atoms with E-state index in [1.54, 1.807) is 48.4 Å². The lowest BCUT2D eigenvalue weighted by Crippen LogP contribution is -2.58. The number of nitrogens with one attached hydrogen (secondary N) is 3. The Hall–Kier alpha value is -5.04. The number of amides is 3. The molecule has 4 heterocycles. The van der Waals surface area contributed by atoms with Crippen molar-refractivity contribution in [1.29, 1.82) is 0 Å². The molecule has 3 amide bonds. The number of carbonyl (C=O) groups is 3. The van der Waals surface area contributed by atoms with E-state index in [1.807, 2.05) is 13.0 Å². The summed E-state index contributed by atoms with van der Waals surface area (Å²) < 4.78 is 26.7. The quantitative estimate of drug-likeness (QED) is 0.303. The second-order valence-corrected chi connectivity index (χ2v) is 12.1. The molecule has 2 aliphatic rings. The third-order valence-electron chi connectivity index (χ3n) is 7.72. The molecule has 4 aromatic rings.